The largest absolute Gasteiger partial charge is 0.490 e. The zero-order valence-corrected chi connectivity index (χ0v) is 33.6. The minimum atomic E-state index is -1.10. The molecule has 7 rings (SSSR count). The van der Waals surface area contributed by atoms with Crippen molar-refractivity contribution >= 4 is 50.3 Å². The molecule has 10 nitrogen and oxygen atoms in total. The van der Waals surface area contributed by atoms with Gasteiger partial charge in [-0.2, -0.15) is 0 Å². The van der Waals surface area contributed by atoms with Gasteiger partial charge in [0, 0.05) is 30.6 Å². The van der Waals surface area contributed by atoms with Crippen molar-refractivity contribution in [1.82, 2.24) is 9.97 Å². The maximum absolute atomic E-state index is 13.7. The molecule has 0 saturated heterocycles. The fourth-order valence-electron chi connectivity index (χ4n) is 8.08. The van der Waals surface area contributed by atoms with Gasteiger partial charge >= 0.3 is 11.9 Å². The van der Waals surface area contributed by atoms with Gasteiger partial charge in [-0.15, -0.1) is 0 Å². The zero-order chi connectivity index (χ0) is 39.6. The van der Waals surface area contributed by atoms with Crippen LogP contribution < -0.4 is 15.0 Å². The van der Waals surface area contributed by atoms with Gasteiger partial charge in [0.25, 0.3) is 5.91 Å². The van der Waals surface area contributed by atoms with Crippen molar-refractivity contribution in [2.45, 2.75) is 97.6 Å². The number of carboxylic acid groups (broad SMARTS) is 1. The molecule has 0 bridgehead atoms. The first-order valence-electron chi connectivity index (χ1n) is 19.6. The highest BCUT2D eigenvalue weighted by Gasteiger charge is 2.31. The van der Waals surface area contributed by atoms with Crippen molar-refractivity contribution in [3.63, 3.8) is 0 Å². The fourth-order valence-corrected chi connectivity index (χ4v) is 8.94. The Bertz CT molecular complexity index is 2240. The molecule has 0 radical (unpaired) electrons. The van der Waals surface area contributed by atoms with Crippen LogP contribution in [0.15, 0.2) is 66.7 Å². The number of aromatic carboxylic acids is 1. The molecule has 1 saturated carbocycles. The predicted molar refractivity (Wildman–Crippen MR) is 221 cm³/mol. The number of esters is 1. The van der Waals surface area contributed by atoms with Gasteiger partial charge in [-0.25, -0.2) is 14.8 Å². The van der Waals surface area contributed by atoms with Gasteiger partial charge in [-0.05, 0) is 122 Å². The van der Waals surface area contributed by atoms with Crippen molar-refractivity contribution in [3.8, 4) is 16.9 Å². The van der Waals surface area contributed by atoms with Crippen molar-refractivity contribution in [1.29, 1.82) is 0 Å². The quantitative estimate of drug-likeness (QED) is 0.126. The van der Waals surface area contributed by atoms with E-state index in [-0.39, 0.29) is 23.7 Å². The molecule has 3 aromatic carbocycles. The number of benzene rings is 3. The standard InChI is InChI=1S/C45H50N4O6S/c1-6-54-39(50)22-19-28-17-20-30(21-18-28)55-36-15-10-12-31(27(36)2)40-34(45(3,4)5)25-38(47-41(40)43(52)53)49-24-23-29-11-9-13-32(33(29)26-49)42(51)48-44-46-35-14-7-8-16-37(35)56-44/h7-16,25,28,30H,6,17-24,26H2,1-5H3,(H,52,53)(H,46,48,51). The second kappa shape index (κ2) is 16.4. The number of amides is 1. The minimum Gasteiger partial charge on any atom is -0.490 e. The summed E-state index contributed by atoms with van der Waals surface area (Å²) in [4.78, 5) is 50.3. The van der Waals surface area contributed by atoms with E-state index >= 15 is 0 Å². The van der Waals surface area contributed by atoms with Gasteiger partial charge in [0.15, 0.2) is 10.8 Å². The van der Waals surface area contributed by atoms with Crippen molar-refractivity contribution in [3.05, 3.63) is 100 Å². The third-order valence-electron chi connectivity index (χ3n) is 11.1. The lowest BCUT2D eigenvalue weighted by Gasteiger charge is -2.33. The lowest BCUT2D eigenvalue weighted by atomic mass is 9.80. The van der Waals surface area contributed by atoms with E-state index in [0.29, 0.717) is 60.5 Å². The average molecular weight is 775 g/mol. The van der Waals surface area contributed by atoms with E-state index in [4.69, 9.17) is 14.5 Å². The SMILES string of the molecule is CCOC(=O)CCC1CCC(Oc2cccc(-c3c(C(C)(C)C)cc(N4CCc5cccc(C(=O)Nc6nc7ccccc7s6)c5C4)nc3C(=O)O)c2C)CC1. The lowest BCUT2D eigenvalue weighted by molar-refractivity contribution is -0.143. The number of ether oxygens (including phenoxy) is 2. The molecule has 0 spiro atoms. The van der Waals surface area contributed by atoms with Crippen LogP contribution in [0.3, 0.4) is 0 Å². The molecule has 56 heavy (non-hydrogen) atoms. The Hall–Kier alpha value is -5.29. The molecule has 5 aromatic rings. The first-order valence-corrected chi connectivity index (χ1v) is 20.4. The number of nitrogens with zero attached hydrogens (tertiary/aromatic N) is 3. The van der Waals surface area contributed by atoms with Crippen LogP contribution in [-0.2, 0) is 27.9 Å². The number of nitrogens with one attached hydrogen (secondary N) is 1. The molecule has 3 heterocycles. The van der Waals surface area contributed by atoms with Crippen LogP contribution in [0.5, 0.6) is 5.75 Å². The molecule has 2 aliphatic rings. The summed E-state index contributed by atoms with van der Waals surface area (Å²) in [7, 11) is 0. The topological polar surface area (TPSA) is 131 Å². The van der Waals surface area contributed by atoms with Crippen LogP contribution in [0.25, 0.3) is 21.3 Å². The van der Waals surface area contributed by atoms with E-state index in [0.717, 1.165) is 75.9 Å². The number of anilines is 2. The Kier molecular flexibility index (Phi) is 11.4. The van der Waals surface area contributed by atoms with Crippen LogP contribution in [0.4, 0.5) is 10.9 Å². The Morgan fingerprint density at radius 2 is 1.75 bits per heavy atom. The summed E-state index contributed by atoms with van der Waals surface area (Å²) in [6.07, 6.45) is 5.77. The number of carboxylic acids is 1. The summed E-state index contributed by atoms with van der Waals surface area (Å²) in [5.41, 5.74) is 6.05. The Balaban J connectivity index is 1.15. The highest BCUT2D eigenvalue weighted by molar-refractivity contribution is 7.22. The van der Waals surface area contributed by atoms with E-state index in [1.54, 1.807) is 0 Å². The van der Waals surface area contributed by atoms with Crippen LogP contribution in [0.2, 0.25) is 0 Å². The average Bonchev–Trinajstić information content (AvgIpc) is 3.59. The molecule has 1 fully saturated rings. The Morgan fingerprint density at radius 3 is 2.48 bits per heavy atom. The second-order valence-electron chi connectivity index (χ2n) is 15.9. The molecule has 292 valence electrons. The summed E-state index contributed by atoms with van der Waals surface area (Å²) < 4.78 is 12.7. The smallest absolute Gasteiger partial charge is 0.355 e. The van der Waals surface area contributed by atoms with Gasteiger partial charge in [-0.1, -0.05) is 68.5 Å². The van der Waals surface area contributed by atoms with E-state index in [9.17, 15) is 19.5 Å². The van der Waals surface area contributed by atoms with E-state index in [1.165, 1.54) is 11.3 Å². The maximum atomic E-state index is 13.7. The molecule has 1 aliphatic carbocycles. The van der Waals surface area contributed by atoms with Crippen LogP contribution in [0, 0.1) is 12.8 Å². The van der Waals surface area contributed by atoms with Gasteiger partial charge in [0.1, 0.15) is 11.6 Å². The molecular weight excluding hydrogens is 725 g/mol. The first kappa shape index (κ1) is 39.0. The Morgan fingerprint density at radius 1 is 0.982 bits per heavy atom. The molecule has 0 unspecified atom stereocenters. The third kappa shape index (κ3) is 8.43. The normalized spacial score (nSPS) is 17.0. The maximum Gasteiger partial charge on any atom is 0.355 e. The minimum absolute atomic E-state index is 0.0116. The number of hydrogen-bond donors (Lipinski definition) is 2. The highest BCUT2D eigenvalue weighted by Crippen LogP contribution is 2.42. The fraction of sp³-hybridized carbons (Fsp3) is 0.400. The summed E-state index contributed by atoms with van der Waals surface area (Å²) in [5.74, 6) is 0.313. The van der Waals surface area contributed by atoms with E-state index in [1.807, 2.05) is 74.5 Å². The van der Waals surface area contributed by atoms with Crippen LogP contribution in [0.1, 0.15) is 109 Å². The van der Waals surface area contributed by atoms with Crippen LogP contribution >= 0.6 is 11.3 Å². The second-order valence-corrected chi connectivity index (χ2v) is 16.9. The molecule has 0 atom stereocenters. The first-order chi connectivity index (χ1) is 26.9. The molecule has 11 heteroatoms. The summed E-state index contributed by atoms with van der Waals surface area (Å²) in [6.45, 7) is 11.5. The van der Waals surface area contributed by atoms with Crippen molar-refractivity contribution < 1.29 is 29.0 Å². The number of aromatic nitrogens is 2. The van der Waals surface area contributed by atoms with E-state index < -0.39 is 11.4 Å². The molecule has 1 amide bonds. The number of thiazole rings is 1. The van der Waals surface area contributed by atoms with Gasteiger partial charge in [-0.3, -0.25) is 14.9 Å². The number of hydrogen-bond acceptors (Lipinski definition) is 9. The number of pyridine rings is 1. The lowest BCUT2D eigenvalue weighted by Crippen LogP contribution is -2.33. The van der Waals surface area contributed by atoms with Gasteiger partial charge in [0.05, 0.1) is 22.9 Å². The molecule has 2 N–H and O–H groups in total. The van der Waals surface area contributed by atoms with Gasteiger partial charge < -0.3 is 19.5 Å². The highest BCUT2D eigenvalue weighted by atomic mass is 32.1. The van der Waals surface area contributed by atoms with Crippen molar-refractivity contribution in [2.75, 3.05) is 23.4 Å². The Labute approximate surface area is 332 Å². The van der Waals surface area contributed by atoms with E-state index in [2.05, 4.69) is 42.0 Å². The number of carbonyl (C=O) groups is 3. The molecule has 1 aliphatic heterocycles. The number of rotatable bonds is 11. The summed E-state index contributed by atoms with van der Waals surface area (Å²) in [6, 6.07) is 21.5. The summed E-state index contributed by atoms with van der Waals surface area (Å²) in [5, 5.41) is 14.3. The molecule has 2 aromatic heterocycles. The predicted octanol–water partition coefficient (Wildman–Crippen LogP) is 9.76. The number of fused-ring (bicyclic) bond motifs is 2. The van der Waals surface area contributed by atoms with Crippen molar-refractivity contribution in [2.24, 2.45) is 5.92 Å². The molecular formula is C45H50N4O6S. The number of carbonyl (C=O) groups excluding carboxylic acids is 2. The summed E-state index contributed by atoms with van der Waals surface area (Å²) >= 11 is 1.44. The number of para-hydroxylation sites is 1. The van der Waals surface area contributed by atoms with Crippen LogP contribution in [-0.4, -0.2) is 52.2 Å². The zero-order valence-electron chi connectivity index (χ0n) is 32.8. The third-order valence-corrected chi connectivity index (χ3v) is 12.0. The van der Waals surface area contributed by atoms with Gasteiger partial charge in [0.2, 0.25) is 0 Å². The monoisotopic (exact) mass is 774 g/mol.